The number of rotatable bonds is 2. The molecule has 1 saturated carbocycles. The zero-order chi connectivity index (χ0) is 12.8. The molecule has 0 bridgehead atoms. The summed E-state index contributed by atoms with van der Waals surface area (Å²) in [6, 6.07) is 8.03. The van der Waals surface area contributed by atoms with Gasteiger partial charge in [-0.25, -0.2) is 4.98 Å². The largest absolute Gasteiger partial charge is 0.482 e. The van der Waals surface area contributed by atoms with Crippen LogP contribution in [0.4, 0.5) is 5.95 Å². The number of nitrogens with zero attached hydrogens (tertiary/aromatic N) is 3. The van der Waals surface area contributed by atoms with Gasteiger partial charge in [-0.3, -0.25) is 0 Å². The van der Waals surface area contributed by atoms with Crippen molar-refractivity contribution in [2.75, 3.05) is 5.73 Å². The first-order valence-corrected chi connectivity index (χ1v) is 6.55. The second-order valence-corrected chi connectivity index (χ2v) is 5.10. The van der Waals surface area contributed by atoms with Gasteiger partial charge in [-0.15, -0.1) is 0 Å². The van der Waals surface area contributed by atoms with Gasteiger partial charge in [-0.1, -0.05) is 18.2 Å². The second kappa shape index (κ2) is 3.91. The van der Waals surface area contributed by atoms with Crippen molar-refractivity contribution in [1.29, 1.82) is 0 Å². The highest BCUT2D eigenvalue weighted by Gasteiger charge is 2.31. The summed E-state index contributed by atoms with van der Waals surface area (Å²) in [6.07, 6.45) is 2.95. The smallest absolute Gasteiger partial charge is 0.223 e. The van der Waals surface area contributed by atoms with Crippen molar-refractivity contribution >= 4 is 5.95 Å². The molecule has 1 aliphatic carbocycles. The van der Waals surface area contributed by atoms with Crippen LogP contribution in [0.3, 0.4) is 0 Å². The maximum atomic E-state index is 5.89. The standard InChI is InChI=1S/C14H14N4O/c15-14-17-12(8-5-6-8)16-13(18-14)11-7-9-3-1-2-4-10(9)19-11/h1-4,8,11H,5-7H2,(H2,15,16,17,18). The normalized spacial score (nSPS) is 20.9. The summed E-state index contributed by atoms with van der Waals surface area (Å²) in [7, 11) is 0. The minimum absolute atomic E-state index is 0.139. The number of nitrogen functional groups attached to an aromatic ring is 1. The Hall–Kier alpha value is -2.17. The van der Waals surface area contributed by atoms with Crippen molar-refractivity contribution < 1.29 is 4.74 Å². The zero-order valence-corrected chi connectivity index (χ0v) is 10.4. The molecule has 1 fully saturated rings. The van der Waals surface area contributed by atoms with E-state index in [1.165, 1.54) is 5.56 Å². The number of benzene rings is 1. The third kappa shape index (κ3) is 1.91. The molecule has 19 heavy (non-hydrogen) atoms. The maximum Gasteiger partial charge on any atom is 0.223 e. The number of aromatic nitrogens is 3. The van der Waals surface area contributed by atoms with E-state index in [0.29, 0.717) is 17.7 Å². The fourth-order valence-electron chi connectivity index (χ4n) is 2.42. The molecule has 1 aromatic carbocycles. The molecule has 96 valence electrons. The highest BCUT2D eigenvalue weighted by atomic mass is 16.5. The van der Waals surface area contributed by atoms with Crippen molar-refractivity contribution in [2.45, 2.75) is 31.3 Å². The van der Waals surface area contributed by atoms with Crippen LogP contribution >= 0.6 is 0 Å². The molecule has 1 aliphatic heterocycles. The molecule has 4 rings (SSSR count). The van der Waals surface area contributed by atoms with Crippen molar-refractivity contribution in [2.24, 2.45) is 0 Å². The lowest BCUT2D eigenvalue weighted by Gasteiger charge is -2.10. The molecule has 0 amide bonds. The topological polar surface area (TPSA) is 73.9 Å². The van der Waals surface area contributed by atoms with Crippen LogP contribution in [0, 0.1) is 0 Å². The highest BCUT2D eigenvalue weighted by molar-refractivity contribution is 5.38. The van der Waals surface area contributed by atoms with Gasteiger partial charge >= 0.3 is 0 Å². The second-order valence-electron chi connectivity index (χ2n) is 5.10. The Morgan fingerprint density at radius 3 is 2.63 bits per heavy atom. The summed E-state index contributed by atoms with van der Waals surface area (Å²) in [5.41, 5.74) is 6.97. The molecular formula is C14H14N4O. The van der Waals surface area contributed by atoms with Crippen LogP contribution in [0.1, 0.15) is 42.1 Å². The molecule has 1 atom stereocenters. The van der Waals surface area contributed by atoms with E-state index in [4.69, 9.17) is 10.5 Å². The summed E-state index contributed by atoms with van der Waals surface area (Å²) in [4.78, 5) is 13.0. The van der Waals surface area contributed by atoms with E-state index < -0.39 is 0 Å². The van der Waals surface area contributed by atoms with Crippen LogP contribution in [0.2, 0.25) is 0 Å². The average Bonchev–Trinajstić information content (AvgIpc) is 3.17. The number of hydrogen-bond acceptors (Lipinski definition) is 5. The van der Waals surface area contributed by atoms with Crippen LogP contribution in [0.25, 0.3) is 0 Å². The number of ether oxygens (including phenoxy) is 1. The van der Waals surface area contributed by atoms with Crippen LogP contribution in [0.5, 0.6) is 5.75 Å². The Labute approximate surface area is 110 Å². The van der Waals surface area contributed by atoms with E-state index in [0.717, 1.165) is 30.8 Å². The van der Waals surface area contributed by atoms with Gasteiger partial charge in [0, 0.05) is 12.3 Å². The summed E-state index contributed by atoms with van der Waals surface area (Å²) >= 11 is 0. The third-order valence-electron chi connectivity index (χ3n) is 3.56. The molecule has 0 radical (unpaired) electrons. The molecule has 0 spiro atoms. The van der Waals surface area contributed by atoms with Gasteiger partial charge in [0.15, 0.2) is 11.9 Å². The summed E-state index contributed by atoms with van der Waals surface area (Å²) in [5, 5.41) is 0. The van der Waals surface area contributed by atoms with Crippen molar-refractivity contribution in [3.8, 4) is 5.75 Å². The quantitative estimate of drug-likeness (QED) is 0.887. The van der Waals surface area contributed by atoms with Crippen molar-refractivity contribution in [1.82, 2.24) is 15.0 Å². The predicted molar refractivity (Wildman–Crippen MR) is 69.7 cm³/mol. The van der Waals surface area contributed by atoms with Gasteiger partial charge in [0.2, 0.25) is 5.95 Å². The van der Waals surface area contributed by atoms with Gasteiger partial charge in [-0.2, -0.15) is 9.97 Å². The molecule has 5 heteroatoms. The molecule has 5 nitrogen and oxygen atoms in total. The van der Waals surface area contributed by atoms with E-state index in [-0.39, 0.29) is 6.10 Å². The molecule has 2 N–H and O–H groups in total. The van der Waals surface area contributed by atoms with Crippen LogP contribution in [-0.4, -0.2) is 15.0 Å². The zero-order valence-electron chi connectivity index (χ0n) is 10.4. The first kappa shape index (κ1) is 10.7. The average molecular weight is 254 g/mol. The van der Waals surface area contributed by atoms with Crippen LogP contribution in [-0.2, 0) is 6.42 Å². The Kier molecular flexibility index (Phi) is 2.21. The summed E-state index contributed by atoms with van der Waals surface area (Å²) in [5.74, 6) is 3.16. The lowest BCUT2D eigenvalue weighted by molar-refractivity contribution is 0.227. The minimum Gasteiger partial charge on any atom is -0.482 e. The Morgan fingerprint density at radius 2 is 1.84 bits per heavy atom. The first-order chi connectivity index (χ1) is 9.29. The Bertz CT molecular complexity index is 614. The monoisotopic (exact) mass is 254 g/mol. The lowest BCUT2D eigenvalue weighted by atomic mass is 10.1. The SMILES string of the molecule is Nc1nc(C2CC2)nc(C2Cc3ccccc3O2)n1. The number of fused-ring (bicyclic) bond motifs is 1. The number of para-hydroxylation sites is 1. The molecule has 2 aromatic rings. The molecule has 0 saturated heterocycles. The van der Waals surface area contributed by atoms with E-state index in [1.807, 2.05) is 18.2 Å². The van der Waals surface area contributed by atoms with Crippen molar-refractivity contribution in [3.05, 3.63) is 41.5 Å². The molecule has 2 aliphatic rings. The third-order valence-corrected chi connectivity index (χ3v) is 3.56. The van der Waals surface area contributed by atoms with Gasteiger partial charge in [-0.05, 0) is 24.5 Å². The molecule has 1 unspecified atom stereocenters. The number of anilines is 1. The lowest BCUT2D eigenvalue weighted by Crippen LogP contribution is -2.13. The molecule has 1 aromatic heterocycles. The maximum absolute atomic E-state index is 5.89. The van der Waals surface area contributed by atoms with E-state index in [1.54, 1.807) is 0 Å². The van der Waals surface area contributed by atoms with Crippen molar-refractivity contribution in [3.63, 3.8) is 0 Å². The van der Waals surface area contributed by atoms with Crippen LogP contribution in [0.15, 0.2) is 24.3 Å². The first-order valence-electron chi connectivity index (χ1n) is 6.55. The molecule has 2 heterocycles. The predicted octanol–water partition coefficient (Wildman–Crippen LogP) is 2.01. The van der Waals surface area contributed by atoms with Gasteiger partial charge < -0.3 is 10.5 Å². The van der Waals surface area contributed by atoms with E-state index in [2.05, 4.69) is 21.0 Å². The fraction of sp³-hybridized carbons (Fsp3) is 0.357. The van der Waals surface area contributed by atoms with E-state index in [9.17, 15) is 0 Å². The number of hydrogen-bond donors (Lipinski definition) is 1. The Balaban J connectivity index is 1.67. The van der Waals surface area contributed by atoms with Gasteiger partial charge in [0.05, 0.1) is 0 Å². The van der Waals surface area contributed by atoms with Gasteiger partial charge in [0.1, 0.15) is 11.6 Å². The highest BCUT2D eigenvalue weighted by Crippen LogP contribution is 2.39. The minimum atomic E-state index is -0.139. The van der Waals surface area contributed by atoms with E-state index >= 15 is 0 Å². The molecular weight excluding hydrogens is 240 g/mol. The van der Waals surface area contributed by atoms with Crippen LogP contribution < -0.4 is 10.5 Å². The Morgan fingerprint density at radius 1 is 1.05 bits per heavy atom. The summed E-state index contributed by atoms with van der Waals surface area (Å²) in [6.45, 7) is 0. The van der Waals surface area contributed by atoms with Gasteiger partial charge in [0.25, 0.3) is 0 Å². The summed E-state index contributed by atoms with van der Waals surface area (Å²) < 4.78 is 5.89. The number of nitrogens with two attached hydrogens (primary N) is 1. The fourth-order valence-corrected chi connectivity index (χ4v) is 2.42.